The van der Waals surface area contributed by atoms with E-state index < -0.39 is 0 Å². The molecule has 0 atom stereocenters. The lowest BCUT2D eigenvalue weighted by molar-refractivity contribution is 0.102. The number of rotatable bonds is 7. The third-order valence-electron chi connectivity index (χ3n) is 4.12. The van der Waals surface area contributed by atoms with E-state index in [2.05, 4.69) is 39.9 Å². The van der Waals surface area contributed by atoms with Gasteiger partial charge in [-0.25, -0.2) is 0 Å². The van der Waals surface area contributed by atoms with E-state index in [-0.39, 0.29) is 5.91 Å². The summed E-state index contributed by atoms with van der Waals surface area (Å²) in [7, 11) is 3.00. The fraction of sp³-hybridized carbons (Fsp3) is 0.190. The lowest BCUT2D eigenvalue weighted by Crippen LogP contribution is -2.16. The van der Waals surface area contributed by atoms with Gasteiger partial charge >= 0.3 is 0 Å². The van der Waals surface area contributed by atoms with Crippen molar-refractivity contribution >= 4 is 17.5 Å². The fourth-order valence-electron chi connectivity index (χ4n) is 2.76. The van der Waals surface area contributed by atoms with Crippen LogP contribution in [0.1, 0.15) is 21.5 Å². The Morgan fingerprint density at radius 3 is 2.18 bits per heavy atom. The molecule has 2 N–H and O–H groups in total. The second kappa shape index (κ2) is 8.85. The summed E-state index contributed by atoms with van der Waals surface area (Å²) >= 11 is 0. The Labute approximate surface area is 163 Å². The fourth-order valence-corrected chi connectivity index (χ4v) is 2.76. The number of hydrogen-bond acceptors (Lipinski definition) is 6. The van der Waals surface area contributed by atoms with Gasteiger partial charge in [-0.2, -0.15) is 0 Å². The van der Waals surface area contributed by atoms with Gasteiger partial charge in [-0.05, 0) is 36.8 Å². The van der Waals surface area contributed by atoms with Crippen molar-refractivity contribution in [3.8, 4) is 11.5 Å². The lowest BCUT2D eigenvalue weighted by atomic mass is 10.1. The Bertz CT molecular complexity index is 936. The highest BCUT2D eigenvalue weighted by atomic mass is 16.5. The first-order chi connectivity index (χ1) is 13.6. The molecule has 0 bridgehead atoms. The highest BCUT2D eigenvalue weighted by molar-refractivity contribution is 6.07. The van der Waals surface area contributed by atoms with Crippen molar-refractivity contribution < 1.29 is 14.3 Å². The van der Waals surface area contributed by atoms with Crippen LogP contribution in [0.5, 0.6) is 11.5 Å². The van der Waals surface area contributed by atoms with Crippen molar-refractivity contribution in [1.82, 2.24) is 10.2 Å². The number of hydrogen-bond donors (Lipinski definition) is 2. The standard InChI is InChI=1S/C21H22N4O3/c1-14-6-4-7-15(12-14)13-22-18-10-11-19(25-24-18)23-21(26)20-16(27-2)8-5-9-17(20)28-3/h4-12H,13H2,1-3H3,(H,22,24)(H,23,25,26). The van der Waals surface area contributed by atoms with Gasteiger partial charge in [-0.1, -0.05) is 35.9 Å². The Balaban J connectivity index is 1.67. The van der Waals surface area contributed by atoms with E-state index >= 15 is 0 Å². The number of methoxy groups -OCH3 is 2. The van der Waals surface area contributed by atoms with Gasteiger partial charge in [-0.15, -0.1) is 10.2 Å². The van der Waals surface area contributed by atoms with Gasteiger partial charge < -0.3 is 20.1 Å². The predicted molar refractivity (Wildman–Crippen MR) is 108 cm³/mol. The maximum absolute atomic E-state index is 12.6. The van der Waals surface area contributed by atoms with Gasteiger partial charge in [-0.3, -0.25) is 4.79 Å². The molecule has 0 radical (unpaired) electrons. The van der Waals surface area contributed by atoms with Crippen molar-refractivity contribution in [2.24, 2.45) is 0 Å². The third kappa shape index (κ3) is 4.56. The monoisotopic (exact) mass is 378 g/mol. The Morgan fingerprint density at radius 1 is 0.929 bits per heavy atom. The molecule has 144 valence electrons. The highest BCUT2D eigenvalue weighted by Gasteiger charge is 2.18. The molecule has 3 rings (SSSR count). The summed E-state index contributed by atoms with van der Waals surface area (Å²) in [4.78, 5) is 12.6. The summed E-state index contributed by atoms with van der Waals surface area (Å²) in [5, 5.41) is 14.1. The first-order valence-electron chi connectivity index (χ1n) is 8.76. The van der Waals surface area contributed by atoms with E-state index in [9.17, 15) is 4.79 Å². The number of nitrogens with one attached hydrogen (secondary N) is 2. The number of carbonyl (C=O) groups excluding carboxylic acids is 1. The van der Waals surface area contributed by atoms with Crippen LogP contribution in [0.25, 0.3) is 0 Å². The molecular formula is C21H22N4O3. The van der Waals surface area contributed by atoms with Crippen molar-refractivity contribution in [2.75, 3.05) is 24.9 Å². The van der Waals surface area contributed by atoms with Gasteiger partial charge in [0.05, 0.1) is 14.2 Å². The first kappa shape index (κ1) is 19.2. The summed E-state index contributed by atoms with van der Waals surface area (Å²) in [5.74, 6) is 1.40. The zero-order valence-corrected chi connectivity index (χ0v) is 16.0. The summed E-state index contributed by atoms with van der Waals surface area (Å²) in [5.41, 5.74) is 2.66. The number of aryl methyl sites for hydroxylation is 1. The molecule has 1 heterocycles. The minimum Gasteiger partial charge on any atom is -0.496 e. The SMILES string of the molecule is COc1cccc(OC)c1C(=O)Nc1ccc(NCc2cccc(C)c2)nn1. The Morgan fingerprint density at radius 2 is 1.57 bits per heavy atom. The topological polar surface area (TPSA) is 85.4 Å². The highest BCUT2D eigenvalue weighted by Crippen LogP contribution is 2.28. The molecule has 0 aliphatic carbocycles. The lowest BCUT2D eigenvalue weighted by Gasteiger charge is -2.12. The molecular weight excluding hydrogens is 356 g/mol. The van der Waals surface area contributed by atoms with Gasteiger partial charge in [0.2, 0.25) is 0 Å². The smallest absolute Gasteiger partial charge is 0.264 e. The molecule has 0 fully saturated rings. The molecule has 7 heteroatoms. The number of ether oxygens (including phenoxy) is 2. The molecule has 1 amide bonds. The van der Waals surface area contributed by atoms with Crippen LogP contribution in [0.2, 0.25) is 0 Å². The summed E-state index contributed by atoms with van der Waals surface area (Å²) in [6.45, 7) is 2.69. The maximum Gasteiger partial charge on any atom is 0.264 e. The maximum atomic E-state index is 12.6. The van der Waals surface area contributed by atoms with Gasteiger partial charge in [0.15, 0.2) is 5.82 Å². The van der Waals surface area contributed by atoms with Crippen LogP contribution in [-0.4, -0.2) is 30.3 Å². The molecule has 7 nitrogen and oxygen atoms in total. The van der Waals surface area contributed by atoms with E-state index in [1.807, 2.05) is 12.1 Å². The molecule has 0 aliphatic rings. The molecule has 0 unspecified atom stereocenters. The molecule has 0 saturated carbocycles. The number of amides is 1. The molecule has 28 heavy (non-hydrogen) atoms. The zero-order chi connectivity index (χ0) is 19.9. The van der Waals surface area contributed by atoms with Crippen LogP contribution >= 0.6 is 0 Å². The van der Waals surface area contributed by atoms with Crippen LogP contribution in [-0.2, 0) is 6.54 Å². The molecule has 0 saturated heterocycles. The molecule has 0 spiro atoms. The quantitative estimate of drug-likeness (QED) is 0.653. The minimum absolute atomic E-state index is 0.302. The van der Waals surface area contributed by atoms with E-state index in [4.69, 9.17) is 9.47 Å². The minimum atomic E-state index is -0.385. The van der Waals surface area contributed by atoms with Crippen LogP contribution in [0.4, 0.5) is 11.6 Å². The second-order valence-electron chi connectivity index (χ2n) is 6.14. The largest absolute Gasteiger partial charge is 0.496 e. The van der Waals surface area contributed by atoms with E-state index in [1.165, 1.54) is 19.8 Å². The van der Waals surface area contributed by atoms with Crippen molar-refractivity contribution in [2.45, 2.75) is 13.5 Å². The van der Waals surface area contributed by atoms with Crippen LogP contribution in [0.15, 0.2) is 54.6 Å². The van der Waals surface area contributed by atoms with Crippen molar-refractivity contribution in [3.63, 3.8) is 0 Å². The van der Waals surface area contributed by atoms with E-state index in [1.54, 1.807) is 30.3 Å². The molecule has 0 aliphatic heterocycles. The predicted octanol–water partition coefficient (Wildman–Crippen LogP) is 3.67. The molecule has 3 aromatic rings. The zero-order valence-electron chi connectivity index (χ0n) is 16.0. The van der Waals surface area contributed by atoms with Gasteiger partial charge in [0.25, 0.3) is 5.91 Å². The number of anilines is 2. The Hall–Kier alpha value is -3.61. The normalized spacial score (nSPS) is 10.2. The van der Waals surface area contributed by atoms with Crippen LogP contribution < -0.4 is 20.1 Å². The Kier molecular flexibility index (Phi) is 6.06. The third-order valence-corrected chi connectivity index (χ3v) is 4.12. The number of aromatic nitrogens is 2. The molecule has 2 aromatic carbocycles. The summed E-state index contributed by atoms with van der Waals surface area (Å²) in [6, 6.07) is 16.8. The number of benzene rings is 2. The average Bonchev–Trinajstić information content (AvgIpc) is 2.72. The second-order valence-corrected chi connectivity index (χ2v) is 6.14. The van der Waals surface area contributed by atoms with Gasteiger partial charge in [0, 0.05) is 6.54 Å². The van der Waals surface area contributed by atoms with E-state index in [0.717, 1.165) is 5.56 Å². The van der Waals surface area contributed by atoms with E-state index in [0.29, 0.717) is 35.2 Å². The van der Waals surface area contributed by atoms with Crippen molar-refractivity contribution in [3.05, 3.63) is 71.3 Å². The first-order valence-corrected chi connectivity index (χ1v) is 8.76. The number of nitrogens with zero attached hydrogens (tertiary/aromatic N) is 2. The van der Waals surface area contributed by atoms with Crippen LogP contribution in [0.3, 0.4) is 0 Å². The van der Waals surface area contributed by atoms with Gasteiger partial charge in [0.1, 0.15) is 22.9 Å². The van der Waals surface area contributed by atoms with Crippen LogP contribution in [0, 0.1) is 6.92 Å². The number of carbonyl (C=O) groups is 1. The average molecular weight is 378 g/mol. The summed E-state index contributed by atoms with van der Waals surface area (Å²) < 4.78 is 10.5. The van der Waals surface area contributed by atoms with Crippen molar-refractivity contribution in [1.29, 1.82) is 0 Å². The summed E-state index contributed by atoms with van der Waals surface area (Å²) in [6.07, 6.45) is 0. The molecule has 1 aromatic heterocycles.